The Morgan fingerprint density at radius 2 is 1.71 bits per heavy atom. The van der Waals surface area contributed by atoms with Gasteiger partial charge in [0.2, 0.25) is 0 Å². The molecule has 5 rings (SSSR count). The second kappa shape index (κ2) is 10.6. The molecule has 1 aliphatic heterocycles. The first-order valence-electron chi connectivity index (χ1n) is 11.9. The van der Waals surface area contributed by atoms with Crippen LogP contribution in [0.4, 0.5) is 5.82 Å². The molecular weight excluding hydrogens is 442 g/mol. The molecule has 34 heavy (non-hydrogen) atoms. The summed E-state index contributed by atoms with van der Waals surface area (Å²) in [6, 6.07) is 20.8. The van der Waals surface area contributed by atoms with Crippen molar-refractivity contribution in [3.05, 3.63) is 78.1 Å². The first-order chi connectivity index (χ1) is 16.7. The zero-order valence-corrected chi connectivity index (χ0v) is 20.3. The molecule has 1 fully saturated rings. The van der Waals surface area contributed by atoms with E-state index >= 15 is 0 Å². The van der Waals surface area contributed by atoms with Gasteiger partial charge in [-0.05, 0) is 29.3 Å². The summed E-state index contributed by atoms with van der Waals surface area (Å²) in [6.07, 6.45) is 1.59. The molecule has 7 heteroatoms. The number of likely N-dealkylation sites (N-methyl/N-ethyl adjacent to an activating group) is 1. The van der Waals surface area contributed by atoms with Gasteiger partial charge < -0.3 is 15.3 Å². The zero-order chi connectivity index (χ0) is 23.3. The SMILES string of the molecule is CCN1CCN(Cc2ccc(-c3cc4ncnc(NC(CO)c5ccccc5)c4s3)cc2)CC1. The van der Waals surface area contributed by atoms with Crippen LogP contribution in [0.3, 0.4) is 0 Å². The third-order valence-corrected chi connectivity index (χ3v) is 7.74. The van der Waals surface area contributed by atoms with Crippen molar-refractivity contribution in [2.75, 3.05) is 44.6 Å². The Morgan fingerprint density at radius 1 is 0.971 bits per heavy atom. The average molecular weight is 474 g/mol. The van der Waals surface area contributed by atoms with Crippen LogP contribution in [0.1, 0.15) is 24.1 Å². The predicted octanol–water partition coefficient (Wildman–Crippen LogP) is 4.64. The summed E-state index contributed by atoms with van der Waals surface area (Å²) >= 11 is 1.68. The van der Waals surface area contributed by atoms with E-state index in [1.807, 2.05) is 30.3 Å². The van der Waals surface area contributed by atoms with Gasteiger partial charge >= 0.3 is 0 Å². The van der Waals surface area contributed by atoms with Crippen molar-refractivity contribution in [3.63, 3.8) is 0 Å². The van der Waals surface area contributed by atoms with Gasteiger partial charge in [-0.3, -0.25) is 4.90 Å². The number of aromatic nitrogens is 2. The molecule has 2 N–H and O–H groups in total. The molecule has 3 heterocycles. The topological polar surface area (TPSA) is 64.5 Å². The molecule has 4 aromatic rings. The minimum Gasteiger partial charge on any atom is -0.394 e. The standard InChI is InChI=1S/C27H31N5OS/c1-2-31-12-14-32(15-13-31)17-20-8-10-22(11-9-20)25-16-23-26(34-25)27(29-19-28-23)30-24(18-33)21-6-4-3-5-7-21/h3-11,16,19,24,33H,2,12-15,17-18H2,1H3,(H,28,29,30). The van der Waals surface area contributed by atoms with Gasteiger partial charge in [-0.25, -0.2) is 9.97 Å². The molecule has 1 unspecified atom stereocenters. The summed E-state index contributed by atoms with van der Waals surface area (Å²) in [5.74, 6) is 0.756. The van der Waals surface area contributed by atoms with Gasteiger partial charge in [0.25, 0.3) is 0 Å². The van der Waals surface area contributed by atoms with E-state index in [1.165, 1.54) is 16.0 Å². The average Bonchev–Trinajstić information content (AvgIpc) is 3.34. The van der Waals surface area contributed by atoms with Gasteiger partial charge in [0, 0.05) is 37.6 Å². The Balaban J connectivity index is 1.32. The molecule has 1 aliphatic rings. The summed E-state index contributed by atoms with van der Waals surface area (Å²) in [5.41, 5.74) is 4.49. The quantitative estimate of drug-likeness (QED) is 0.389. The number of thiophene rings is 1. The molecule has 0 radical (unpaired) electrons. The van der Waals surface area contributed by atoms with E-state index in [1.54, 1.807) is 17.7 Å². The molecule has 0 amide bonds. The Bertz CT molecular complexity index is 1200. The number of hydrogen-bond donors (Lipinski definition) is 2. The normalized spacial score (nSPS) is 16.1. The molecule has 0 spiro atoms. The molecular formula is C27H31N5OS. The minimum atomic E-state index is -0.219. The molecule has 2 aromatic carbocycles. The van der Waals surface area contributed by atoms with Crippen molar-refractivity contribution in [2.24, 2.45) is 0 Å². The monoisotopic (exact) mass is 473 g/mol. The summed E-state index contributed by atoms with van der Waals surface area (Å²) in [5, 5.41) is 13.4. The maximum Gasteiger partial charge on any atom is 0.148 e. The molecule has 176 valence electrons. The zero-order valence-electron chi connectivity index (χ0n) is 19.5. The van der Waals surface area contributed by atoms with Gasteiger partial charge in [-0.2, -0.15) is 0 Å². The number of hydrogen-bond acceptors (Lipinski definition) is 7. The molecule has 2 aromatic heterocycles. The number of nitrogens with zero attached hydrogens (tertiary/aromatic N) is 4. The lowest BCUT2D eigenvalue weighted by molar-refractivity contribution is 0.132. The Kier molecular flexibility index (Phi) is 7.16. The molecule has 1 atom stereocenters. The maximum atomic E-state index is 9.96. The predicted molar refractivity (Wildman–Crippen MR) is 140 cm³/mol. The number of benzene rings is 2. The van der Waals surface area contributed by atoms with E-state index < -0.39 is 0 Å². The number of rotatable bonds is 8. The fourth-order valence-electron chi connectivity index (χ4n) is 4.48. The number of aliphatic hydroxyl groups excluding tert-OH is 1. The van der Waals surface area contributed by atoms with Gasteiger partial charge in [0.15, 0.2) is 0 Å². The lowest BCUT2D eigenvalue weighted by Gasteiger charge is -2.34. The van der Waals surface area contributed by atoms with Crippen LogP contribution in [0.25, 0.3) is 20.7 Å². The highest BCUT2D eigenvalue weighted by Gasteiger charge is 2.17. The first-order valence-corrected chi connectivity index (χ1v) is 12.8. The highest BCUT2D eigenvalue weighted by atomic mass is 32.1. The van der Waals surface area contributed by atoms with Crippen LogP contribution in [0, 0.1) is 0 Å². The first kappa shape index (κ1) is 22.9. The molecule has 0 saturated carbocycles. The van der Waals surface area contributed by atoms with E-state index in [2.05, 4.69) is 62.3 Å². The molecule has 0 bridgehead atoms. The number of fused-ring (bicyclic) bond motifs is 1. The van der Waals surface area contributed by atoms with E-state index in [-0.39, 0.29) is 12.6 Å². The van der Waals surface area contributed by atoms with Crippen LogP contribution in [0.2, 0.25) is 0 Å². The third kappa shape index (κ3) is 5.13. The Morgan fingerprint density at radius 3 is 2.41 bits per heavy atom. The molecule has 1 saturated heterocycles. The van der Waals surface area contributed by atoms with Crippen molar-refractivity contribution in [1.29, 1.82) is 0 Å². The van der Waals surface area contributed by atoms with Crippen LogP contribution in [0.5, 0.6) is 0 Å². The number of nitrogens with one attached hydrogen (secondary N) is 1. The van der Waals surface area contributed by atoms with Crippen LogP contribution in [-0.4, -0.2) is 64.2 Å². The van der Waals surface area contributed by atoms with E-state index in [0.29, 0.717) is 0 Å². The summed E-state index contributed by atoms with van der Waals surface area (Å²) in [6.45, 7) is 8.97. The van der Waals surface area contributed by atoms with Crippen LogP contribution in [-0.2, 0) is 6.54 Å². The number of aliphatic hydroxyl groups is 1. The van der Waals surface area contributed by atoms with Crippen molar-refractivity contribution in [1.82, 2.24) is 19.8 Å². The van der Waals surface area contributed by atoms with Gasteiger partial charge in [-0.1, -0.05) is 61.5 Å². The van der Waals surface area contributed by atoms with Crippen LogP contribution < -0.4 is 5.32 Å². The Labute approximate surface area is 204 Å². The lowest BCUT2D eigenvalue weighted by Crippen LogP contribution is -2.45. The van der Waals surface area contributed by atoms with E-state index in [0.717, 1.165) is 60.9 Å². The molecule has 0 aliphatic carbocycles. The van der Waals surface area contributed by atoms with E-state index in [4.69, 9.17) is 0 Å². The highest BCUT2D eigenvalue weighted by molar-refractivity contribution is 7.22. The van der Waals surface area contributed by atoms with Crippen molar-refractivity contribution in [2.45, 2.75) is 19.5 Å². The van der Waals surface area contributed by atoms with Crippen molar-refractivity contribution >= 4 is 27.4 Å². The second-order valence-electron chi connectivity index (χ2n) is 8.74. The fraction of sp³-hybridized carbons (Fsp3) is 0.333. The minimum absolute atomic E-state index is 0.0112. The van der Waals surface area contributed by atoms with Crippen molar-refractivity contribution < 1.29 is 5.11 Å². The van der Waals surface area contributed by atoms with Crippen LogP contribution in [0.15, 0.2) is 67.0 Å². The third-order valence-electron chi connectivity index (χ3n) is 6.56. The fourth-order valence-corrected chi connectivity index (χ4v) is 5.55. The molecule has 6 nitrogen and oxygen atoms in total. The lowest BCUT2D eigenvalue weighted by atomic mass is 10.1. The van der Waals surface area contributed by atoms with Crippen LogP contribution >= 0.6 is 11.3 Å². The Hall–Kier alpha value is -2.84. The summed E-state index contributed by atoms with van der Waals surface area (Å²) < 4.78 is 1.00. The van der Waals surface area contributed by atoms with Crippen molar-refractivity contribution in [3.8, 4) is 10.4 Å². The van der Waals surface area contributed by atoms with Gasteiger partial charge in [-0.15, -0.1) is 11.3 Å². The van der Waals surface area contributed by atoms with Gasteiger partial charge in [0.05, 0.1) is 22.9 Å². The largest absolute Gasteiger partial charge is 0.394 e. The summed E-state index contributed by atoms with van der Waals surface area (Å²) in [4.78, 5) is 15.2. The van der Waals surface area contributed by atoms with E-state index in [9.17, 15) is 5.11 Å². The second-order valence-corrected chi connectivity index (χ2v) is 9.80. The van der Waals surface area contributed by atoms with Gasteiger partial charge in [0.1, 0.15) is 12.1 Å². The smallest absolute Gasteiger partial charge is 0.148 e. The number of anilines is 1. The summed E-state index contributed by atoms with van der Waals surface area (Å²) in [7, 11) is 0. The number of piperazine rings is 1. The highest BCUT2D eigenvalue weighted by Crippen LogP contribution is 2.36. The maximum absolute atomic E-state index is 9.96.